The quantitative estimate of drug-likeness (QED) is 0.896. The van der Waals surface area contributed by atoms with Gasteiger partial charge in [-0.15, -0.1) is 0 Å². The van der Waals surface area contributed by atoms with Gasteiger partial charge in [-0.25, -0.2) is 4.39 Å². The van der Waals surface area contributed by atoms with E-state index in [1.54, 1.807) is 6.07 Å². The maximum Gasteiger partial charge on any atom is 0.255 e. The molecule has 1 aromatic carbocycles. The molecule has 1 heterocycles. The van der Waals surface area contributed by atoms with Gasteiger partial charge in [-0.2, -0.15) is 0 Å². The first-order chi connectivity index (χ1) is 10.1. The van der Waals surface area contributed by atoms with Gasteiger partial charge in [-0.3, -0.25) is 9.78 Å². The van der Waals surface area contributed by atoms with Crippen molar-refractivity contribution in [2.24, 2.45) is 0 Å². The molecule has 0 radical (unpaired) electrons. The number of fused-ring (bicyclic) bond motifs is 1. The highest BCUT2D eigenvalue weighted by molar-refractivity contribution is 6.30. The van der Waals surface area contributed by atoms with E-state index in [1.807, 2.05) is 0 Å². The molecule has 2 N–H and O–H groups in total. The van der Waals surface area contributed by atoms with Crippen LogP contribution in [0, 0.1) is 5.82 Å². The summed E-state index contributed by atoms with van der Waals surface area (Å²) in [6.45, 7) is 0. The van der Waals surface area contributed by atoms with Crippen LogP contribution in [0.4, 0.5) is 4.39 Å². The van der Waals surface area contributed by atoms with Crippen molar-refractivity contribution in [3.63, 3.8) is 0 Å². The number of carbonyl (C=O) groups excluding carboxylic acids is 1. The summed E-state index contributed by atoms with van der Waals surface area (Å²) in [6.07, 6.45) is 3.78. The van der Waals surface area contributed by atoms with E-state index in [0.717, 1.165) is 0 Å². The normalized spacial score (nSPS) is 16.6. The molecule has 0 spiro atoms. The Labute approximate surface area is 125 Å². The van der Waals surface area contributed by atoms with Crippen LogP contribution in [0.15, 0.2) is 30.6 Å². The first-order valence-corrected chi connectivity index (χ1v) is 6.85. The van der Waals surface area contributed by atoms with Gasteiger partial charge in [0.25, 0.3) is 5.91 Å². The Balaban J connectivity index is 1.86. The van der Waals surface area contributed by atoms with Crippen molar-refractivity contribution in [1.82, 2.24) is 10.3 Å². The highest BCUT2D eigenvalue weighted by Crippen LogP contribution is 2.35. The lowest BCUT2D eigenvalue weighted by molar-refractivity contribution is 0.0934. The van der Waals surface area contributed by atoms with Gasteiger partial charge < -0.3 is 10.4 Å². The fraction of sp³-hybridized carbons (Fsp3) is 0.200. The number of rotatable bonds is 2. The molecule has 0 saturated heterocycles. The zero-order valence-electron chi connectivity index (χ0n) is 10.9. The molecule has 3 rings (SSSR count). The van der Waals surface area contributed by atoms with Crippen LogP contribution in [0.3, 0.4) is 0 Å². The van der Waals surface area contributed by atoms with Crippen LogP contribution in [-0.4, -0.2) is 16.0 Å². The molecular weight excluding hydrogens is 295 g/mol. The number of amides is 1. The maximum absolute atomic E-state index is 13.8. The van der Waals surface area contributed by atoms with E-state index < -0.39 is 5.91 Å². The Morgan fingerprint density at radius 1 is 1.48 bits per heavy atom. The molecular formula is C15H12ClFN2O2. The second-order valence-electron chi connectivity index (χ2n) is 4.91. The molecule has 0 bridgehead atoms. The number of hydrogen-bond acceptors (Lipinski definition) is 3. The molecule has 0 aliphatic heterocycles. The Morgan fingerprint density at radius 2 is 2.29 bits per heavy atom. The number of halogens is 2. The molecule has 2 aromatic rings. The third-order valence-electron chi connectivity index (χ3n) is 3.60. The van der Waals surface area contributed by atoms with Gasteiger partial charge >= 0.3 is 0 Å². The molecule has 4 nitrogen and oxygen atoms in total. The van der Waals surface area contributed by atoms with Gasteiger partial charge in [0.2, 0.25) is 0 Å². The lowest BCUT2D eigenvalue weighted by Gasteiger charge is -2.15. The zero-order chi connectivity index (χ0) is 15.0. The second kappa shape index (κ2) is 5.33. The highest BCUT2D eigenvalue weighted by Gasteiger charge is 2.27. The van der Waals surface area contributed by atoms with Crippen molar-refractivity contribution in [1.29, 1.82) is 0 Å². The Bertz CT molecular complexity index is 721. The van der Waals surface area contributed by atoms with Crippen LogP contribution >= 0.6 is 11.6 Å². The monoisotopic (exact) mass is 306 g/mol. The minimum atomic E-state index is -0.423. The van der Waals surface area contributed by atoms with Crippen LogP contribution in [-0.2, 0) is 6.42 Å². The highest BCUT2D eigenvalue weighted by atomic mass is 35.5. The third kappa shape index (κ3) is 2.56. The molecule has 1 atom stereocenters. The summed E-state index contributed by atoms with van der Waals surface area (Å²) in [7, 11) is 0. The van der Waals surface area contributed by atoms with Crippen LogP contribution in [0.25, 0.3) is 0 Å². The van der Waals surface area contributed by atoms with Crippen LogP contribution in [0.2, 0.25) is 5.02 Å². The summed E-state index contributed by atoms with van der Waals surface area (Å²) in [5.41, 5.74) is 1.42. The maximum atomic E-state index is 13.8. The summed E-state index contributed by atoms with van der Waals surface area (Å²) in [6, 6.07) is 4.07. The Morgan fingerprint density at radius 3 is 3.05 bits per heavy atom. The van der Waals surface area contributed by atoms with Gasteiger partial charge in [0.05, 0.1) is 17.8 Å². The first-order valence-electron chi connectivity index (χ1n) is 6.48. The number of nitrogens with one attached hydrogen (secondary N) is 1. The van der Waals surface area contributed by atoms with E-state index in [0.29, 0.717) is 29.0 Å². The standard InChI is InChI=1S/C15H12ClFN2O2/c16-8-5-11-9(12(17)6-8)1-2-13(11)19-15(21)10-3-4-18-7-14(10)20/h3-7,13,20H,1-2H2,(H,19,21)/t13-/m1/s1. The van der Waals surface area contributed by atoms with E-state index in [4.69, 9.17) is 11.6 Å². The van der Waals surface area contributed by atoms with Gasteiger partial charge in [-0.1, -0.05) is 11.6 Å². The van der Waals surface area contributed by atoms with Crippen molar-refractivity contribution in [3.8, 4) is 5.75 Å². The number of benzene rings is 1. The smallest absolute Gasteiger partial charge is 0.255 e. The average molecular weight is 307 g/mol. The molecule has 108 valence electrons. The van der Waals surface area contributed by atoms with Crippen LogP contribution < -0.4 is 5.32 Å². The third-order valence-corrected chi connectivity index (χ3v) is 3.82. The molecule has 6 heteroatoms. The zero-order valence-corrected chi connectivity index (χ0v) is 11.7. The minimum absolute atomic E-state index is 0.140. The minimum Gasteiger partial charge on any atom is -0.505 e. The van der Waals surface area contributed by atoms with E-state index in [-0.39, 0.29) is 23.2 Å². The van der Waals surface area contributed by atoms with Crippen LogP contribution in [0.5, 0.6) is 5.75 Å². The lowest BCUT2D eigenvalue weighted by atomic mass is 10.1. The summed E-state index contributed by atoms with van der Waals surface area (Å²) in [5.74, 6) is -0.959. The van der Waals surface area contributed by atoms with Gasteiger partial charge in [0, 0.05) is 11.2 Å². The van der Waals surface area contributed by atoms with Crippen molar-refractivity contribution in [2.45, 2.75) is 18.9 Å². The molecule has 1 aromatic heterocycles. The van der Waals surface area contributed by atoms with Gasteiger partial charge in [-0.05, 0) is 42.2 Å². The predicted octanol–water partition coefficient (Wildman–Crippen LogP) is 3.00. The predicted molar refractivity (Wildman–Crippen MR) is 75.8 cm³/mol. The molecule has 1 amide bonds. The van der Waals surface area contributed by atoms with E-state index in [9.17, 15) is 14.3 Å². The average Bonchev–Trinajstić information content (AvgIpc) is 2.82. The number of hydrogen-bond donors (Lipinski definition) is 2. The van der Waals surface area contributed by atoms with Crippen molar-refractivity contribution in [2.75, 3.05) is 0 Å². The molecule has 0 fully saturated rings. The fourth-order valence-corrected chi connectivity index (χ4v) is 2.82. The van der Waals surface area contributed by atoms with Crippen molar-refractivity contribution < 1.29 is 14.3 Å². The van der Waals surface area contributed by atoms with Crippen molar-refractivity contribution >= 4 is 17.5 Å². The summed E-state index contributed by atoms with van der Waals surface area (Å²) < 4.78 is 13.8. The topological polar surface area (TPSA) is 62.2 Å². The Hall–Kier alpha value is -2.14. The number of aromatic hydroxyl groups is 1. The number of aromatic nitrogens is 1. The van der Waals surface area contributed by atoms with Crippen LogP contribution in [0.1, 0.15) is 33.9 Å². The summed E-state index contributed by atoms with van der Waals surface area (Å²) in [5, 5.41) is 12.7. The summed E-state index contributed by atoms with van der Waals surface area (Å²) in [4.78, 5) is 15.9. The molecule has 1 aliphatic carbocycles. The lowest BCUT2D eigenvalue weighted by Crippen LogP contribution is -2.27. The number of pyridine rings is 1. The molecule has 0 saturated carbocycles. The largest absolute Gasteiger partial charge is 0.505 e. The number of carbonyl (C=O) groups is 1. The van der Waals surface area contributed by atoms with Gasteiger partial charge in [0.1, 0.15) is 11.6 Å². The number of nitrogens with zero attached hydrogens (tertiary/aromatic N) is 1. The molecule has 0 unspecified atom stereocenters. The second-order valence-corrected chi connectivity index (χ2v) is 5.35. The summed E-state index contributed by atoms with van der Waals surface area (Å²) >= 11 is 5.87. The van der Waals surface area contributed by atoms with E-state index >= 15 is 0 Å². The SMILES string of the molecule is O=C(N[C@@H]1CCc2c(F)cc(Cl)cc21)c1ccncc1O. The van der Waals surface area contributed by atoms with E-state index in [1.165, 1.54) is 24.5 Å². The van der Waals surface area contributed by atoms with Gasteiger partial charge in [0.15, 0.2) is 0 Å². The molecule has 1 aliphatic rings. The van der Waals surface area contributed by atoms with Crippen molar-refractivity contribution in [3.05, 3.63) is 58.1 Å². The first kappa shape index (κ1) is 13.8. The molecule has 21 heavy (non-hydrogen) atoms. The van der Waals surface area contributed by atoms with E-state index in [2.05, 4.69) is 10.3 Å². The Kier molecular flexibility index (Phi) is 3.51. The fourth-order valence-electron chi connectivity index (χ4n) is 2.61.